The molecule has 1 heterocycles. The number of amides is 2. The predicted molar refractivity (Wildman–Crippen MR) is 203 cm³/mol. The van der Waals surface area contributed by atoms with Gasteiger partial charge in [-0.2, -0.15) is 9.21 Å². The highest BCUT2D eigenvalue weighted by Gasteiger charge is 2.32. The Morgan fingerprint density at radius 3 is 2.15 bits per heavy atom. The summed E-state index contributed by atoms with van der Waals surface area (Å²) in [5.74, 6) is -0.642. The van der Waals surface area contributed by atoms with Crippen LogP contribution < -0.4 is 5.32 Å². The van der Waals surface area contributed by atoms with Crippen molar-refractivity contribution in [2.24, 2.45) is 11.1 Å². The number of nitroso groups, excluding NO2 is 1. The van der Waals surface area contributed by atoms with Gasteiger partial charge >= 0.3 is 6.09 Å². The van der Waals surface area contributed by atoms with E-state index in [1.807, 2.05) is 98.8 Å². The van der Waals surface area contributed by atoms with Gasteiger partial charge in [0, 0.05) is 30.2 Å². The number of para-hydroxylation sites is 1. The van der Waals surface area contributed by atoms with Crippen LogP contribution in [0.15, 0.2) is 125 Å². The van der Waals surface area contributed by atoms with Gasteiger partial charge in [0.15, 0.2) is 0 Å². The number of benzene rings is 4. The van der Waals surface area contributed by atoms with Crippen LogP contribution in [0.5, 0.6) is 0 Å². The minimum absolute atomic E-state index is 0.00517. The van der Waals surface area contributed by atoms with Crippen molar-refractivity contribution >= 4 is 32.9 Å². The summed E-state index contributed by atoms with van der Waals surface area (Å²) >= 11 is 0. The van der Waals surface area contributed by atoms with Crippen LogP contribution in [0.1, 0.15) is 36.1 Å². The number of hydrogen-bond acceptors (Lipinski definition) is 8. The van der Waals surface area contributed by atoms with E-state index < -0.39 is 34.2 Å². The van der Waals surface area contributed by atoms with Crippen LogP contribution in [-0.4, -0.2) is 71.5 Å². The van der Waals surface area contributed by atoms with Gasteiger partial charge in [-0.1, -0.05) is 110 Å². The lowest BCUT2D eigenvalue weighted by atomic mass is 10.0. The summed E-state index contributed by atoms with van der Waals surface area (Å²) in [5, 5.41) is 18.4. The third-order valence-corrected chi connectivity index (χ3v) is 10.6. The Hall–Kier alpha value is -5.37. The maximum absolute atomic E-state index is 13.9. The summed E-state index contributed by atoms with van der Waals surface area (Å²) < 4.78 is 34.6. The molecule has 0 saturated heterocycles. The number of nitrogens with zero attached hydrogens (tertiary/aromatic N) is 3. The van der Waals surface area contributed by atoms with E-state index in [1.165, 1.54) is 33.5 Å². The molecule has 1 aromatic heterocycles. The fraction of sp³-hybridized carbons (Fsp3) is 0.300. The van der Waals surface area contributed by atoms with Gasteiger partial charge in [-0.05, 0) is 52.8 Å². The van der Waals surface area contributed by atoms with E-state index in [4.69, 9.17) is 4.74 Å². The third-order valence-electron chi connectivity index (χ3n) is 8.71. The van der Waals surface area contributed by atoms with E-state index in [1.54, 1.807) is 6.20 Å². The van der Waals surface area contributed by atoms with Crippen molar-refractivity contribution in [3.8, 4) is 0 Å². The summed E-state index contributed by atoms with van der Waals surface area (Å²) in [6.45, 7) is 3.15. The molecule has 0 fully saturated rings. The minimum Gasteiger partial charge on any atom is -0.445 e. The number of H-pyrrole nitrogens is 1. The van der Waals surface area contributed by atoms with Crippen molar-refractivity contribution in [1.29, 1.82) is 0 Å². The summed E-state index contributed by atoms with van der Waals surface area (Å²) in [5.41, 5.74) is 3.84. The molecular formula is C40H45N5O7S. The number of carbonyl (C=O) groups excluding carboxylic acids is 2. The smallest absolute Gasteiger partial charge is 0.410 e. The fourth-order valence-electron chi connectivity index (χ4n) is 6.05. The Morgan fingerprint density at radius 2 is 1.49 bits per heavy atom. The second-order valence-electron chi connectivity index (χ2n) is 13.3. The van der Waals surface area contributed by atoms with Crippen molar-refractivity contribution < 1.29 is 27.9 Å². The molecule has 5 aromatic rings. The van der Waals surface area contributed by atoms with Gasteiger partial charge in [-0.25, -0.2) is 13.2 Å². The molecule has 13 heteroatoms. The number of carbonyl (C=O) groups is 2. The first-order valence-electron chi connectivity index (χ1n) is 17.4. The van der Waals surface area contributed by atoms with Gasteiger partial charge in [0.2, 0.25) is 15.9 Å². The Morgan fingerprint density at radius 1 is 0.849 bits per heavy atom. The SMILES string of the molecule is CC(C)CN(C[C@@H](O)[C@H](Cc1ccccc1)NC(=O)CN(Cc1c[nH]c2ccccc12)C(=O)OCc1ccccc1)S(=O)(=O)c1ccc(CN=O)cc1. The summed E-state index contributed by atoms with van der Waals surface area (Å²) in [6, 6.07) is 31.1. The number of fused-ring (bicyclic) bond motifs is 1. The molecule has 0 bridgehead atoms. The number of rotatable bonds is 18. The molecule has 278 valence electrons. The zero-order chi connectivity index (χ0) is 37.8. The number of sulfonamides is 1. The third kappa shape index (κ3) is 10.8. The number of nitrogens with one attached hydrogen (secondary N) is 2. The molecule has 0 aliphatic carbocycles. The first kappa shape index (κ1) is 38.9. The van der Waals surface area contributed by atoms with E-state index in [2.05, 4.69) is 15.5 Å². The van der Waals surface area contributed by atoms with Crippen molar-refractivity contribution in [1.82, 2.24) is 19.5 Å². The molecule has 0 aliphatic rings. The second kappa shape index (κ2) is 18.4. The van der Waals surface area contributed by atoms with E-state index in [0.29, 0.717) is 5.56 Å². The fourth-order valence-corrected chi connectivity index (χ4v) is 7.67. The van der Waals surface area contributed by atoms with Crippen molar-refractivity contribution in [2.75, 3.05) is 19.6 Å². The van der Waals surface area contributed by atoms with Crippen molar-refractivity contribution in [3.05, 3.63) is 143 Å². The van der Waals surface area contributed by atoms with Gasteiger partial charge in [-0.15, -0.1) is 0 Å². The normalized spacial score (nSPS) is 12.8. The van der Waals surface area contributed by atoms with Crippen LogP contribution in [0.2, 0.25) is 0 Å². The zero-order valence-corrected chi connectivity index (χ0v) is 30.6. The minimum atomic E-state index is -4.08. The highest BCUT2D eigenvalue weighted by Crippen LogP contribution is 2.22. The van der Waals surface area contributed by atoms with Gasteiger partial charge in [0.25, 0.3) is 0 Å². The molecular weight excluding hydrogens is 695 g/mol. The Bertz CT molecular complexity index is 2060. The highest BCUT2D eigenvalue weighted by molar-refractivity contribution is 7.89. The van der Waals surface area contributed by atoms with E-state index in [0.717, 1.165) is 27.6 Å². The summed E-state index contributed by atoms with van der Waals surface area (Å²) in [6.07, 6.45) is -0.0484. The largest absolute Gasteiger partial charge is 0.445 e. The van der Waals surface area contributed by atoms with Crippen LogP contribution in [0.3, 0.4) is 0 Å². The molecule has 0 radical (unpaired) electrons. The number of aromatic nitrogens is 1. The topological polar surface area (TPSA) is 161 Å². The molecule has 2 atom stereocenters. The van der Waals surface area contributed by atoms with Gasteiger partial charge in [0.05, 0.1) is 23.6 Å². The molecule has 3 N–H and O–H groups in total. The molecule has 53 heavy (non-hydrogen) atoms. The van der Waals surface area contributed by atoms with E-state index >= 15 is 0 Å². The first-order valence-corrected chi connectivity index (χ1v) is 18.9. The Balaban J connectivity index is 1.37. The Kier molecular flexibility index (Phi) is 13.5. The monoisotopic (exact) mass is 739 g/mol. The highest BCUT2D eigenvalue weighted by atomic mass is 32.2. The average molecular weight is 740 g/mol. The van der Waals surface area contributed by atoms with E-state index in [-0.39, 0.29) is 56.6 Å². The van der Waals surface area contributed by atoms with Crippen LogP contribution in [0, 0.1) is 10.8 Å². The maximum atomic E-state index is 13.9. The molecule has 0 spiro atoms. The average Bonchev–Trinajstić information content (AvgIpc) is 3.56. The van der Waals surface area contributed by atoms with Crippen LogP contribution in [-0.2, 0) is 45.7 Å². The molecule has 5 rings (SSSR count). The standard InChI is InChI=1S/C40H45N5O7S/c1-29(2)24-45(53(50,51)34-19-17-31(18-20-34)22-42-49)26-38(46)37(21-30-11-5-3-6-12-30)43-39(47)27-44(40(48)52-28-32-13-7-4-8-14-32)25-33-23-41-36-16-10-9-15-35(33)36/h3-20,23,29,37-38,41,46H,21-22,24-28H2,1-2H3,(H,43,47)/t37-,38+/m0/s1. The number of aromatic amines is 1. The number of ether oxygens (including phenoxy) is 1. The Labute approximate surface area is 309 Å². The number of hydrogen-bond donors (Lipinski definition) is 3. The number of aliphatic hydroxyl groups is 1. The van der Waals surface area contributed by atoms with Gasteiger partial charge in [0.1, 0.15) is 19.7 Å². The van der Waals surface area contributed by atoms with Crippen molar-refractivity contribution in [2.45, 2.75) is 57.0 Å². The van der Waals surface area contributed by atoms with E-state index in [9.17, 15) is 28.0 Å². The lowest BCUT2D eigenvalue weighted by molar-refractivity contribution is -0.123. The van der Waals surface area contributed by atoms with Gasteiger partial charge < -0.3 is 20.1 Å². The second-order valence-corrected chi connectivity index (χ2v) is 15.3. The maximum Gasteiger partial charge on any atom is 0.410 e. The van der Waals surface area contributed by atoms with Gasteiger partial charge in [-0.3, -0.25) is 9.69 Å². The molecule has 12 nitrogen and oxygen atoms in total. The molecule has 0 unspecified atom stereocenters. The first-order chi connectivity index (χ1) is 25.5. The molecule has 0 saturated carbocycles. The zero-order valence-electron chi connectivity index (χ0n) is 29.8. The number of aliphatic hydroxyl groups excluding tert-OH is 1. The molecule has 2 amide bonds. The van der Waals surface area contributed by atoms with Crippen LogP contribution in [0.4, 0.5) is 4.79 Å². The predicted octanol–water partition coefficient (Wildman–Crippen LogP) is 6.01. The lowest BCUT2D eigenvalue weighted by Crippen LogP contribution is -2.53. The summed E-state index contributed by atoms with van der Waals surface area (Å²) in [7, 11) is -4.08. The van der Waals surface area contributed by atoms with Crippen molar-refractivity contribution in [3.63, 3.8) is 0 Å². The lowest BCUT2D eigenvalue weighted by Gasteiger charge is -2.31. The molecule has 0 aliphatic heterocycles. The summed E-state index contributed by atoms with van der Waals surface area (Å²) in [4.78, 5) is 42.6. The van der Waals surface area contributed by atoms with Crippen LogP contribution >= 0.6 is 0 Å². The quantitative estimate of drug-likeness (QED) is 0.0928. The van der Waals surface area contributed by atoms with Crippen LogP contribution in [0.25, 0.3) is 10.9 Å². The molecule has 4 aromatic carbocycles.